The third kappa shape index (κ3) is 4.97. The van der Waals surface area contributed by atoms with Gasteiger partial charge in [0.25, 0.3) is 0 Å². The summed E-state index contributed by atoms with van der Waals surface area (Å²) in [5.74, 6) is 0.259. The number of aryl methyl sites for hydroxylation is 2. The van der Waals surface area contributed by atoms with Gasteiger partial charge in [-0.3, -0.25) is 9.69 Å². The second-order valence-corrected chi connectivity index (χ2v) is 11.5. The smallest absolute Gasteiger partial charge is 0.161 e. The second kappa shape index (κ2) is 10.9. The van der Waals surface area contributed by atoms with Crippen LogP contribution in [0.3, 0.4) is 0 Å². The van der Waals surface area contributed by atoms with Crippen molar-refractivity contribution in [3.8, 4) is 6.07 Å². The van der Waals surface area contributed by atoms with Crippen molar-refractivity contribution < 1.29 is 9.18 Å². The van der Waals surface area contributed by atoms with E-state index in [4.69, 9.17) is 17.3 Å². The van der Waals surface area contributed by atoms with Crippen molar-refractivity contribution in [2.45, 2.75) is 56.6 Å². The average molecular weight is 558 g/mol. The Bertz CT molecular complexity index is 1590. The molecular formula is C32H29ClFN3OS. The predicted octanol–water partition coefficient (Wildman–Crippen LogP) is 8.00. The van der Waals surface area contributed by atoms with Crippen LogP contribution in [0.5, 0.6) is 0 Å². The summed E-state index contributed by atoms with van der Waals surface area (Å²) in [5, 5.41) is 11.0. The van der Waals surface area contributed by atoms with E-state index in [-0.39, 0.29) is 11.6 Å². The third-order valence-electron chi connectivity index (χ3n) is 7.64. The van der Waals surface area contributed by atoms with Crippen molar-refractivity contribution in [1.82, 2.24) is 0 Å². The van der Waals surface area contributed by atoms with E-state index in [2.05, 4.69) is 25.1 Å². The molecule has 0 amide bonds. The number of nitrogens with two attached hydrogens (primary N) is 1. The molecule has 1 heterocycles. The number of nitrogens with zero attached hydrogens (tertiary/aromatic N) is 2. The number of ketones is 1. The molecule has 1 aliphatic carbocycles. The summed E-state index contributed by atoms with van der Waals surface area (Å²) < 4.78 is 13.4. The van der Waals surface area contributed by atoms with Crippen LogP contribution in [0.1, 0.15) is 53.0 Å². The number of nitriles is 1. The molecule has 3 aromatic rings. The first-order valence-corrected chi connectivity index (χ1v) is 14.3. The maximum absolute atomic E-state index is 13.6. The molecule has 0 spiro atoms. The summed E-state index contributed by atoms with van der Waals surface area (Å²) in [6.07, 6.45) is 1.84. The lowest BCUT2D eigenvalue weighted by Crippen LogP contribution is -2.39. The number of rotatable bonds is 5. The quantitative estimate of drug-likeness (QED) is 0.322. The molecule has 0 saturated heterocycles. The molecule has 0 radical (unpaired) electrons. The van der Waals surface area contributed by atoms with Crippen LogP contribution in [-0.4, -0.2) is 5.78 Å². The fraction of sp³-hybridized carbons (Fsp3) is 0.250. The lowest BCUT2D eigenvalue weighted by atomic mass is 9.74. The Labute approximate surface area is 238 Å². The molecule has 198 valence electrons. The second-order valence-electron chi connectivity index (χ2n) is 10.1. The van der Waals surface area contributed by atoms with Gasteiger partial charge in [-0.1, -0.05) is 29.8 Å². The summed E-state index contributed by atoms with van der Waals surface area (Å²) in [6.45, 7) is 6.00. The number of Topliss-reactive ketones (excluding diaryl/α,β-unsaturated/α-hetero) is 1. The number of anilines is 1. The van der Waals surface area contributed by atoms with E-state index in [1.165, 1.54) is 12.1 Å². The number of hydrogen-bond donors (Lipinski definition) is 1. The predicted molar refractivity (Wildman–Crippen MR) is 156 cm³/mol. The molecule has 39 heavy (non-hydrogen) atoms. The van der Waals surface area contributed by atoms with Crippen LogP contribution in [0.4, 0.5) is 10.1 Å². The number of benzene rings is 3. The Balaban J connectivity index is 1.64. The van der Waals surface area contributed by atoms with Gasteiger partial charge in [0.2, 0.25) is 0 Å². The van der Waals surface area contributed by atoms with E-state index in [1.54, 1.807) is 23.9 Å². The average Bonchev–Trinajstić information content (AvgIpc) is 2.91. The molecular weight excluding hydrogens is 529 g/mol. The van der Waals surface area contributed by atoms with Crippen LogP contribution in [0.25, 0.3) is 0 Å². The van der Waals surface area contributed by atoms with Crippen molar-refractivity contribution in [2.24, 2.45) is 5.73 Å². The topological polar surface area (TPSA) is 70.1 Å². The van der Waals surface area contributed by atoms with Crippen molar-refractivity contribution in [3.63, 3.8) is 0 Å². The van der Waals surface area contributed by atoms with Gasteiger partial charge in [0.15, 0.2) is 5.78 Å². The maximum Gasteiger partial charge on any atom is 0.161 e. The van der Waals surface area contributed by atoms with Crippen molar-refractivity contribution in [1.29, 1.82) is 5.26 Å². The zero-order valence-electron chi connectivity index (χ0n) is 22.1. The number of allylic oxidation sites excluding steroid dienone is 3. The van der Waals surface area contributed by atoms with Crippen LogP contribution in [0.15, 0.2) is 82.2 Å². The Morgan fingerprint density at radius 1 is 1.10 bits per heavy atom. The van der Waals surface area contributed by atoms with Gasteiger partial charge in [0.05, 0.1) is 23.2 Å². The summed E-state index contributed by atoms with van der Waals surface area (Å²) in [4.78, 5) is 16.4. The number of halogens is 2. The van der Waals surface area contributed by atoms with Crippen LogP contribution in [0.2, 0.25) is 5.02 Å². The zero-order valence-corrected chi connectivity index (χ0v) is 23.7. The minimum absolute atomic E-state index is 0.0494. The lowest BCUT2D eigenvalue weighted by molar-refractivity contribution is -0.116. The Kier molecular flexibility index (Phi) is 7.57. The number of carbonyl (C=O) groups excluding carboxylic acids is 1. The summed E-state index contributed by atoms with van der Waals surface area (Å²) >= 11 is 8.08. The first-order valence-electron chi connectivity index (χ1n) is 12.9. The number of hydrogen-bond acceptors (Lipinski definition) is 5. The van der Waals surface area contributed by atoms with Gasteiger partial charge in [-0.15, -0.1) is 11.8 Å². The molecule has 4 nitrogen and oxygen atoms in total. The highest BCUT2D eigenvalue weighted by Gasteiger charge is 2.41. The molecule has 2 aliphatic rings. The van der Waals surface area contributed by atoms with Gasteiger partial charge in [-0.2, -0.15) is 5.26 Å². The van der Waals surface area contributed by atoms with Gasteiger partial charge in [0, 0.05) is 33.4 Å². The van der Waals surface area contributed by atoms with Gasteiger partial charge in [-0.25, -0.2) is 4.39 Å². The first kappa shape index (κ1) is 27.1. The van der Waals surface area contributed by atoms with E-state index in [9.17, 15) is 14.4 Å². The molecule has 2 N–H and O–H groups in total. The molecule has 1 aliphatic heterocycles. The Morgan fingerprint density at radius 2 is 1.85 bits per heavy atom. The van der Waals surface area contributed by atoms with Crippen molar-refractivity contribution in [3.05, 3.63) is 116 Å². The van der Waals surface area contributed by atoms with Gasteiger partial charge >= 0.3 is 0 Å². The van der Waals surface area contributed by atoms with E-state index in [0.29, 0.717) is 40.6 Å². The Hall–Kier alpha value is -3.53. The molecule has 5 rings (SSSR count). The highest BCUT2D eigenvalue weighted by Crippen LogP contribution is 2.48. The minimum Gasteiger partial charge on any atom is -0.384 e. The minimum atomic E-state index is -0.538. The van der Waals surface area contributed by atoms with Gasteiger partial charge in [0.1, 0.15) is 11.6 Å². The summed E-state index contributed by atoms with van der Waals surface area (Å²) in [5.41, 5.74) is 14.4. The van der Waals surface area contributed by atoms with E-state index < -0.39 is 5.92 Å². The van der Waals surface area contributed by atoms with Crippen LogP contribution < -0.4 is 10.6 Å². The summed E-state index contributed by atoms with van der Waals surface area (Å²) in [7, 11) is 0. The Morgan fingerprint density at radius 3 is 2.56 bits per heavy atom. The molecule has 3 aromatic carbocycles. The van der Waals surface area contributed by atoms with Crippen LogP contribution in [0, 0.1) is 37.9 Å². The summed E-state index contributed by atoms with van der Waals surface area (Å²) in [6, 6.07) is 18.7. The lowest BCUT2D eigenvalue weighted by Gasteiger charge is -2.40. The maximum atomic E-state index is 13.6. The fourth-order valence-corrected chi connectivity index (χ4v) is 6.72. The van der Waals surface area contributed by atoms with Crippen molar-refractivity contribution >= 4 is 34.8 Å². The number of carbonyl (C=O) groups is 1. The molecule has 0 bridgehead atoms. The monoisotopic (exact) mass is 557 g/mol. The highest BCUT2D eigenvalue weighted by molar-refractivity contribution is 7.98. The van der Waals surface area contributed by atoms with Crippen LogP contribution >= 0.6 is 23.4 Å². The molecule has 1 unspecified atom stereocenters. The van der Waals surface area contributed by atoms with E-state index in [1.807, 2.05) is 36.9 Å². The third-order valence-corrected chi connectivity index (χ3v) is 9.11. The fourth-order valence-electron chi connectivity index (χ4n) is 5.59. The van der Waals surface area contributed by atoms with E-state index in [0.717, 1.165) is 50.5 Å². The molecule has 0 fully saturated rings. The molecule has 7 heteroatoms. The first-order chi connectivity index (χ1) is 18.7. The highest BCUT2D eigenvalue weighted by atomic mass is 35.5. The van der Waals surface area contributed by atoms with E-state index >= 15 is 0 Å². The zero-order chi connectivity index (χ0) is 27.8. The largest absolute Gasteiger partial charge is 0.384 e. The van der Waals surface area contributed by atoms with Gasteiger partial charge in [-0.05, 0) is 97.8 Å². The van der Waals surface area contributed by atoms with Gasteiger partial charge < -0.3 is 5.73 Å². The SMILES string of the molecule is Cc1cc(C)c(C2C(C#N)=C(N)N(c3cccc(Cl)c3C)C3=C2C(=O)CCC3)cc1CSc1ccc(F)cc1. The molecule has 0 saturated carbocycles. The van der Waals surface area contributed by atoms with Crippen molar-refractivity contribution in [2.75, 3.05) is 4.90 Å². The standard InChI is InChI=1S/C32H29ClFN3OS/c1-18-14-19(2)24(15-21(18)17-39-23-12-10-22(34)11-13-23)30-25(16-35)32(36)37(27-7-4-6-26(33)20(27)3)28-8-5-9-29(38)31(28)30/h4,6-7,10-15,30H,5,8-9,17,36H2,1-3H3. The number of thioether (sulfide) groups is 1. The molecule has 1 atom stereocenters. The van der Waals surface area contributed by atoms with Crippen LogP contribution in [-0.2, 0) is 10.5 Å². The molecule has 0 aromatic heterocycles. The normalized spacial score (nSPS) is 17.4.